The van der Waals surface area contributed by atoms with Crippen molar-refractivity contribution >= 4 is 23.6 Å². The van der Waals surface area contributed by atoms with Crippen LogP contribution in [0.15, 0.2) is 54.6 Å². The van der Waals surface area contributed by atoms with Crippen LogP contribution in [0.4, 0.5) is 16.4 Å². The van der Waals surface area contributed by atoms with Crippen LogP contribution in [0.1, 0.15) is 18.9 Å². The lowest BCUT2D eigenvalue weighted by Crippen LogP contribution is -2.29. The fraction of sp³-hybridized carbons (Fsp3) is 0.333. The highest BCUT2D eigenvalue weighted by Crippen LogP contribution is 2.30. The number of nitrogens with two attached hydrogens (primary N) is 1. The molecule has 4 N–H and O–H groups in total. The summed E-state index contributed by atoms with van der Waals surface area (Å²) in [6, 6.07) is 17.1. The van der Waals surface area contributed by atoms with E-state index in [1.807, 2.05) is 37.3 Å². The molecule has 2 aliphatic rings. The van der Waals surface area contributed by atoms with Gasteiger partial charge in [0.25, 0.3) is 5.91 Å². The minimum absolute atomic E-state index is 0.0488. The van der Waals surface area contributed by atoms with E-state index in [4.69, 9.17) is 19.9 Å². The number of hydrogen-bond acceptors (Lipinski definition) is 9. The number of aromatic nitrogens is 2. The first-order valence-corrected chi connectivity index (χ1v) is 12.5. The van der Waals surface area contributed by atoms with Crippen molar-refractivity contribution < 1.29 is 23.8 Å². The first kappa shape index (κ1) is 25.4. The Morgan fingerprint density at radius 1 is 1.18 bits per heavy atom. The number of carbonyl (C=O) groups is 2. The fourth-order valence-electron chi connectivity index (χ4n) is 4.17. The predicted octanol–water partition coefficient (Wildman–Crippen LogP) is 2.71. The first-order valence-electron chi connectivity index (χ1n) is 12.5. The van der Waals surface area contributed by atoms with Crippen molar-refractivity contribution in [2.24, 2.45) is 5.73 Å². The molecule has 4 heterocycles. The molecule has 11 nitrogen and oxygen atoms in total. The lowest BCUT2D eigenvalue weighted by molar-refractivity contribution is -0.118. The molecule has 2 aromatic heterocycles. The summed E-state index contributed by atoms with van der Waals surface area (Å²) in [6.45, 7) is 3.94. The van der Waals surface area contributed by atoms with Crippen molar-refractivity contribution in [1.29, 1.82) is 0 Å². The number of carbonyl (C=O) groups excluding carboxylic acids is 2. The van der Waals surface area contributed by atoms with Gasteiger partial charge in [-0.2, -0.15) is 0 Å². The van der Waals surface area contributed by atoms with Crippen LogP contribution in [0.5, 0.6) is 11.6 Å². The Hall–Kier alpha value is -4.22. The van der Waals surface area contributed by atoms with Gasteiger partial charge in [-0.15, -0.1) is 0 Å². The van der Waals surface area contributed by atoms with Gasteiger partial charge in [0.2, 0.25) is 5.88 Å². The van der Waals surface area contributed by atoms with Crippen LogP contribution in [0.2, 0.25) is 0 Å². The normalized spacial score (nSPS) is 17.3. The van der Waals surface area contributed by atoms with Crippen LogP contribution in [-0.4, -0.2) is 60.4 Å². The third-order valence-corrected chi connectivity index (χ3v) is 6.02. The zero-order valence-electron chi connectivity index (χ0n) is 21.1. The highest BCUT2D eigenvalue weighted by molar-refractivity contribution is 5.95. The molecule has 0 unspecified atom stereocenters. The van der Waals surface area contributed by atoms with Gasteiger partial charge < -0.3 is 30.6 Å². The molecule has 5 rings (SSSR count). The Balaban J connectivity index is 1.12. The lowest BCUT2D eigenvalue weighted by Gasteiger charge is -2.19. The van der Waals surface area contributed by atoms with E-state index in [0.29, 0.717) is 55.9 Å². The number of amides is 2. The molecule has 38 heavy (non-hydrogen) atoms. The number of hydrogen-bond donors (Lipinski definition) is 3. The summed E-state index contributed by atoms with van der Waals surface area (Å²) in [5.74, 6) is 1.46. The van der Waals surface area contributed by atoms with Crippen molar-refractivity contribution in [3.63, 3.8) is 0 Å². The second kappa shape index (κ2) is 11.4. The van der Waals surface area contributed by atoms with E-state index in [9.17, 15) is 9.59 Å². The maximum atomic E-state index is 12.4. The third-order valence-electron chi connectivity index (χ3n) is 6.02. The van der Waals surface area contributed by atoms with Gasteiger partial charge in [-0.3, -0.25) is 9.69 Å². The summed E-state index contributed by atoms with van der Waals surface area (Å²) >= 11 is 0. The van der Waals surface area contributed by atoms with Crippen LogP contribution in [-0.2, 0) is 16.1 Å². The van der Waals surface area contributed by atoms with E-state index < -0.39 is 6.09 Å². The number of benzene rings is 1. The summed E-state index contributed by atoms with van der Waals surface area (Å²) in [4.78, 5) is 34.4. The van der Waals surface area contributed by atoms with E-state index in [-0.39, 0.29) is 24.7 Å². The molecule has 1 saturated heterocycles. The zero-order chi connectivity index (χ0) is 26.5. The molecule has 0 aliphatic carbocycles. The Labute approximate surface area is 220 Å². The molecular formula is C27H30N6O5. The van der Waals surface area contributed by atoms with E-state index >= 15 is 0 Å². The van der Waals surface area contributed by atoms with E-state index in [1.54, 1.807) is 12.1 Å². The van der Waals surface area contributed by atoms with Crippen LogP contribution < -0.4 is 30.7 Å². The number of anilines is 2. The maximum Gasteiger partial charge on any atom is 0.415 e. The van der Waals surface area contributed by atoms with Crippen molar-refractivity contribution in [1.82, 2.24) is 15.3 Å². The number of pyridine rings is 2. The highest BCUT2D eigenvalue weighted by Gasteiger charge is 2.33. The molecular weight excluding hydrogens is 488 g/mol. The second-order valence-electron chi connectivity index (χ2n) is 9.28. The quantitative estimate of drug-likeness (QED) is 0.346. The maximum absolute atomic E-state index is 12.4. The number of ether oxygens (including phenoxy) is 3. The van der Waals surface area contributed by atoms with Crippen LogP contribution in [0, 0.1) is 0 Å². The van der Waals surface area contributed by atoms with Gasteiger partial charge >= 0.3 is 6.09 Å². The highest BCUT2D eigenvalue weighted by atomic mass is 16.6. The zero-order valence-corrected chi connectivity index (χ0v) is 21.1. The molecule has 3 aromatic rings. The summed E-state index contributed by atoms with van der Waals surface area (Å²) in [6.07, 6.45) is -0.0845. The van der Waals surface area contributed by atoms with Crippen LogP contribution in [0.3, 0.4) is 0 Å². The number of nitrogens with one attached hydrogen (secondary N) is 2. The van der Waals surface area contributed by atoms with Crippen LogP contribution >= 0.6 is 0 Å². The molecule has 0 saturated carbocycles. The Bertz CT molecular complexity index is 1320. The van der Waals surface area contributed by atoms with Gasteiger partial charge in [-0.25, -0.2) is 14.8 Å². The third kappa shape index (κ3) is 6.18. The largest absolute Gasteiger partial charge is 0.480 e. The van der Waals surface area contributed by atoms with Gasteiger partial charge in [0.15, 0.2) is 18.2 Å². The van der Waals surface area contributed by atoms with E-state index in [0.717, 1.165) is 16.8 Å². The molecule has 0 bridgehead atoms. The van der Waals surface area contributed by atoms with E-state index in [2.05, 4.69) is 32.7 Å². The number of cyclic esters (lactones) is 1. The van der Waals surface area contributed by atoms with Gasteiger partial charge in [0, 0.05) is 24.2 Å². The Morgan fingerprint density at radius 3 is 2.92 bits per heavy atom. The smallest absolute Gasteiger partial charge is 0.415 e. The van der Waals surface area contributed by atoms with Gasteiger partial charge in [0.1, 0.15) is 18.5 Å². The molecule has 2 atom stereocenters. The van der Waals surface area contributed by atoms with Crippen molar-refractivity contribution in [3.8, 4) is 22.9 Å². The van der Waals surface area contributed by atoms with Gasteiger partial charge in [-0.05, 0) is 49.7 Å². The SMILES string of the molecule is C[C@@H](N)COc1cccc(-c2cccc(CNCC[C@H]3CN(c4ccc5c(n4)NC(=O)CO5)C(=O)O3)c2)n1. The number of rotatable bonds is 10. The Morgan fingerprint density at radius 2 is 2.05 bits per heavy atom. The molecule has 198 valence electrons. The monoisotopic (exact) mass is 518 g/mol. The van der Waals surface area contributed by atoms with Crippen molar-refractivity contribution in [2.75, 3.05) is 36.5 Å². The molecule has 0 spiro atoms. The predicted molar refractivity (Wildman–Crippen MR) is 141 cm³/mol. The van der Waals surface area contributed by atoms with Gasteiger partial charge in [0.05, 0.1) is 12.2 Å². The Kier molecular flexibility index (Phi) is 7.66. The first-order chi connectivity index (χ1) is 18.4. The molecule has 2 amide bonds. The summed E-state index contributed by atoms with van der Waals surface area (Å²) in [5.41, 5.74) is 8.70. The average molecular weight is 519 g/mol. The van der Waals surface area contributed by atoms with Crippen LogP contribution in [0.25, 0.3) is 11.3 Å². The number of fused-ring (bicyclic) bond motifs is 1. The topological polar surface area (TPSA) is 141 Å². The molecule has 11 heteroatoms. The second-order valence-corrected chi connectivity index (χ2v) is 9.28. The fourth-order valence-corrected chi connectivity index (χ4v) is 4.17. The standard InChI is InChI=1S/C27H30N6O5/c1-17(28)15-37-25-7-3-6-21(30-25)19-5-2-4-18(12-19)13-29-11-10-20-14-33(27(35)38-20)23-9-8-22-26(31-23)32-24(34)16-36-22/h2-9,12,17,20,29H,10-11,13-16,28H2,1H3,(H,31,32,34)/t17-,20+/m1/s1. The summed E-state index contributed by atoms with van der Waals surface area (Å²) in [7, 11) is 0. The minimum Gasteiger partial charge on any atom is -0.480 e. The average Bonchev–Trinajstić information content (AvgIpc) is 3.30. The minimum atomic E-state index is -0.460. The van der Waals surface area contributed by atoms with E-state index in [1.165, 1.54) is 4.90 Å². The van der Waals surface area contributed by atoms with Crippen molar-refractivity contribution in [3.05, 3.63) is 60.2 Å². The summed E-state index contributed by atoms with van der Waals surface area (Å²) in [5, 5.41) is 6.07. The number of nitrogens with zero attached hydrogens (tertiary/aromatic N) is 3. The molecule has 0 radical (unpaired) electrons. The molecule has 1 fully saturated rings. The molecule has 2 aliphatic heterocycles. The van der Waals surface area contributed by atoms with Gasteiger partial charge in [-0.1, -0.05) is 24.3 Å². The lowest BCUT2D eigenvalue weighted by atomic mass is 10.1. The summed E-state index contributed by atoms with van der Waals surface area (Å²) < 4.78 is 16.5. The van der Waals surface area contributed by atoms with Crippen molar-refractivity contribution in [2.45, 2.75) is 32.0 Å². The molecule has 1 aromatic carbocycles.